The van der Waals surface area contributed by atoms with Gasteiger partial charge in [0, 0.05) is 19.3 Å². The Bertz CT molecular complexity index is 697. The van der Waals surface area contributed by atoms with Crippen molar-refractivity contribution in [2.24, 2.45) is 0 Å². The molecule has 29 heavy (non-hydrogen) atoms. The van der Waals surface area contributed by atoms with Gasteiger partial charge in [-0.15, -0.1) is 0 Å². The minimum atomic E-state index is -0.695. The molecule has 160 valence electrons. The summed E-state index contributed by atoms with van der Waals surface area (Å²) in [4.78, 5) is 48.3. The molecular weight excluding hydrogens is 380 g/mol. The smallest absolute Gasteiger partial charge is 0.338 e. The second-order valence-electron chi connectivity index (χ2n) is 6.19. The number of hydrogen-bond acceptors (Lipinski definition) is 8. The van der Waals surface area contributed by atoms with Gasteiger partial charge in [0.1, 0.15) is 0 Å². The van der Waals surface area contributed by atoms with Crippen LogP contribution in [0.1, 0.15) is 76.6 Å². The molecular formula is C21H28O8. The zero-order chi connectivity index (χ0) is 21.8. The van der Waals surface area contributed by atoms with Crippen molar-refractivity contribution in [1.82, 2.24) is 0 Å². The highest BCUT2D eigenvalue weighted by Crippen LogP contribution is 2.40. The van der Waals surface area contributed by atoms with Gasteiger partial charge in [-0.25, -0.2) is 4.79 Å². The third-order valence-corrected chi connectivity index (χ3v) is 3.56. The summed E-state index contributed by atoms with van der Waals surface area (Å²) in [6.07, 6.45) is 1.98. The van der Waals surface area contributed by atoms with Gasteiger partial charge >= 0.3 is 23.9 Å². The highest BCUT2D eigenvalue weighted by Gasteiger charge is 2.24. The van der Waals surface area contributed by atoms with Gasteiger partial charge in [-0.1, -0.05) is 20.8 Å². The molecule has 0 saturated carbocycles. The molecule has 0 N–H and O–H groups in total. The molecule has 0 aliphatic heterocycles. The molecule has 0 fully saturated rings. The molecule has 0 spiro atoms. The first kappa shape index (κ1) is 24.1. The van der Waals surface area contributed by atoms with E-state index in [1.165, 1.54) is 12.1 Å². The van der Waals surface area contributed by atoms with Gasteiger partial charge in [-0.05, 0) is 38.3 Å². The van der Waals surface area contributed by atoms with Gasteiger partial charge in [-0.2, -0.15) is 0 Å². The van der Waals surface area contributed by atoms with E-state index in [9.17, 15) is 19.2 Å². The molecule has 1 rings (SSSR count). The third-order valence-electron chi connectivity index (χ3n) is 3.56. The van der Waals surface area contributed by atoms with Crippen molar-refractivity contribution in [2.75, 3.05) is 6.61 Å². The van der Waals surface area contributed by atoms with E-state index in [0.717, 1.165) is 0 Å². The first-order chi connectivity index (χ1) is 13.9. The predicted molar refractivity (Wildman–Crippen MR) is 104 cm³/mol. The van der Waals surface area contributed by atoms with Crippen LogP contribution < -0.4 is 14.2 Å². The molecule has 1 aromatic rings. The van der Waals surface area contributed by atoms with E-state index >= 15 is 0 Å². The summed E-state index contributed by atoms with van der Waals surface area (Å²) in [6.45, 7) is 7.17. The lowest BCUT2D eigenvalue weighted by atomic mass is 10.1. The van der Waals surface area contributed by atoms with E-state index in [0.29, 0.717) is 19.3 Å². The first-order valence-corrected chi connectivity index (χ1v) is 9.83. The molecule has 1 aromatic carbocycles. The lowest BCUT2D eigenvalue weighted by Crippen LogP contribution is -2.16. The number of esters is 4. The molecule has 0 heterocycles. The van der Waals surface area contributed by atoms with Crippen molar-refractivity contribution < 1.29 is 38.1 Å². The van der Waals surface area contributed by atoms with E-state index in [-0.39, 0.29) is 48.7 Å². The summed E-state index contributed by atoms with van der Waals surface area (Å²) in [5, 5.41) is 0. The van der Waals surface area contributed by atoms with Crippen LogP contribution in [-0.4, -0.2) is 30.5 Å². The molecule has 0 amide bonds. The lowest BCUT2D eigenvalue weighted by molar-refractivity contribution is -0.138. The normalized spacial score (nSPS) is 10.2. The zero-order valence-electron chi connectivity index (χ0n) is 17.4. The fourth-order valence-electron chi connectivity index (χ4n) is 2.29. The Kier molecular flexibility index (Phi) is 10.4. The minimum Gasteiger partial charge on any atom is -0.462 e. The summed E-state index contributed by atoms with van der Waals surface area (Å²) in [7, 11) is 0. The van der Waals surface area contributed by atoms with E-state index < -0.39 is 23.9 Å². The van der Waals surface area contributed by atoms with E-state index in [1.807, 2.05) is 0 Å². The van der Waals surface area contributed by atoms with Gasteiger partial charge in [0.05, 0.1) is 12.2 Å². The minimum absolute atomic E-state index is 0.000683. The van der Waals surface area contributed by atoms with E-state index in [4.69, 9.17) is 18.9 Å². The fraction of sp³-hybridized carbons (Fsp3) is 0.524. The largest absolute Gasteiger partial charge is 0.462 e. The van der Waals surface area contributed by atoms with Gasteiger partial charge < -0.3 is 18.9 Å². The number of ether oxygens (including phenoxy) is 4. The molecule has 8 nitrogen and oxygen atoms in total. The number of benzene rings is 1. The van der Waals surface area contributed by atoms with Crippen molar-refractivity contribution in [3.8, 4) is 17.2 Å². The summed E-state index contributed by atoms with van der Waals surface area (Å²) < 4.78 is 20.9. The second-order valence-corrected chi connectivity index (χ2v) is 6.19. The standard InChI is InChI=1S/C21H28O8/c1-5-9-17(22)27-15-12-14(21(25)26-8-4)13-16(28-18(23)10-6-2)20(15)29-19(24)11-7-3/h12-13H,5-11H2,1-4H3. The van der Waals surface area contributed by atoms with Gasteiger partial charge in [0.2, 0.25) is 5.75 Å². The Morgan fingerprint density at radius 2 is 1.10 bits per heavy atom. The first-order valence-electron chi connectivity index (χ1n) is 9.83. The number of carbonyl (C=O) groups excluding carboxylic acids is 4. The predicted octanol–water partition coefficient (Wildman–Crippen LogP) is 3.98. The maximum absolute atomic E-state index is 12.2. The second kappa shape index (κ2) is 12.5. The lowest BCUT2D eigenvalue weighted by Gasteiger charge is -2.16. The molecule has 0 unspecified atom stereocenters. The van der Waals surface area contributed by atoms with Gasteiger partial charge in [-0.3, -0.25) is 14.4 Å². The van der Waals surface area contributed by atoms with Crippen molar-refractivity contribution in [1.29, 1.82) is 0 Å². The molecule has 0 radical (unpaired) electrons. The average molecular weight is 408 g/mol. The highest BCUT2D eigenvalue weighted by molar-refractivity contribution is 5.92. The zero-order valence-corrected chi connectivity index (χ0v) is 17.4. The third kappa shape index (κ3) is 7.93. The Balaban J connectivity index is 3.47. The molecule has 0 bridgehead atoms. The van der Waals surface area contributed by atoms with Gasteiger partial charge in [0.25, 0.3) is 0 Å². The van der Waals surface area contributed by atoms with Crippen LogP contribution >= 0.6 is 0 Å². The average Bonchev–Trinajstić information content (AvgIpc) is 2.64. The fourth-order valence-corrected chi connectivity index (χ4v) is 2.29. The van der Waals surface area contributed by atoms with Gasteiger partial charge in [0.15, 0.2) is 11.5 Å². The van der Waals surface area contributed by atoms with Crippen molar-refractivity contribution in [3.05, 3.63) is 17.7 Å². The highest BCUT2D eigenvalue weighted by atomic mass is 16.6. The van der Waals surface area contributed by atoms with Crippen LogP contribution in [-0.2, 0) is 19.1 Å². The maximum atomic E-state index is 12.2. The Labute approximate surface area is 170 Å². The Morgan fingerprint density at radius 3 is 1.48 bits per heavy atom. The summed E-state index contributed by atoms with van der Waals surface area (Å²) >= 11 is 0. The van der Waals surface area contributed by atoms with Crippen molar-refractivity contribution in [2.45, 2.75) is 66.2 Å². The van der Waals surface area contributed by atoms with Crippen LogP contribution in [0.15, 0.2) is 12.1 Å². The monoisotopic (exact) mass is 408 g/mol. The molecule has 0 aliphatic carbocycles. The SMILES string of the molecule is CCCC(=O)Oc1cc(C(=O)OCC)cc(OC(=O)CCC)c1OC(=O)CCC. The Morgan fingerprint density at radius 1 is 0.690 bits per heavy atom. The van der Waals surface area contributed by atoms with Crippen LogP contribution in [0.4, 0.5) is 0 Å². The van der Waals surface area contributed by atoms with Crippen LogP contribution in [0.2, 0.25) is 0 Å². The van der Waals surface area contributed by atoms with Crippen LogP contribution in [0.3, 0.4) is 0 Å². The maximum Gasteiger partial charge on any atom is 0.338 e. The molecule has 8 heteroatoms. The van der Waals surface area contributed by atoms with Crippen LogP contribution in [0.5, 0.6) is 17.2 Å². The van der Waals surface area contributed by atoms with Crippen molar-refractivity contribution in [3.63, 3.8) is 0 Å². The summed E-state index contributed by atoms with van der Waals surface area (Å²) in [5.74, 6) is -3.02. The molecule has 0 aromatic heterocycles. The molecule has 0 aliphatic rings. The van der Waals surface area contributed by atoms with Crippen LogP contribution in [0.25, 0.3) is 0 Å². The van der Waals surface area contributed by atoms with E-state index in [2.05, 4.69) is 0 Å². The van der Waals surface area contributed by atoms with Crippen LogP contribution in [0, 0.1) is 0 Å². The quantitative estimate of drug-likeness (QED) is 0.400. The summed E-state index contributed by atoms with van der Waals surface area (Å²) in [6, 6.07) is 2.47. The number of rotatable bonds is 11. The summed E-state index contributed by atoms with van der Waals surface area (Å²) in [5.41, 5.74) is 0.000683. The number of hydrogen-bond donors (Lipinski definition) is 0. The van der Waals surface area contributed by atoms with E-state index in [1.54, 1.807) is 27.7 Å². The van der Waals surface area contributed by atoms with Crippen molar-refractivity contribution >= 4 is 23.9 Å². The molecule has 0 atom stereocenters. The Hall–Kier alpha value is -2.90. The number of carbonyl (C=O) groups is 4. The molecule has 0 saturated heterocycles. The topological polar surface area (TPSA) is 105 Å².